The van der Waals surface area contributed by atoms with Crippen LogP contribution in [0.15, 0.2) is 54.6 Å². The van der Waals surface area contributed by atoms with E-state index in [2.05, 4.69) is 50.0 Å². The van der Waals surface area contributed by atoms with E-state index < -0.39 is 0 Å². The molecule has 0 saturated heterocycles. The van der Waals surface area contributed by atoms with E-state index in [0.717, 1.165) is 11.1 Å². The molecule has 2 aromatic rings. The van der Waals surface area contributed by atoms with E-state index in [4.69, 9.17) is 0 Å². The van der Waals surface area contributed by atoms with Crippen molar-refractivity contribution in [3.05, 3.63) is 71.3 Å². The molecule has 0 aliphatic rings. The molecule has 0 atom stereocenters. The number of hydrogen-bond donors (Lipinski definition) is 0. The largest absolute Gasteiger partial charge is 0.0622 e. The minimum atomic E-state index is 0.550. The third kappa shape index (κ3) is 3.23. The van der Waals surface area contributed by atoms with Crippen LogP contribution in [0.3, 0.4) is 0 Å². The molecule has 0 saturated carbocycles. The van der Waals surface area contributed by atoms with E-state index in [9.17, 15) is 0 Å². The molecular weight excluding hydrogens is 204 g/mol. The normalized spacial score (nSPS) is 9.82. The van der Waals surface area contributed by atoms with Gasteiger partial charge in [0, 0.05) is 11.1 Å². The quantitative estimate of drug-likeness (QED) is 0.631. The first-order chi connectivity index (χ1) is 8.25. The lowest BCUT2D eigenvalue weighted by molar-refractivity contribution is 0.866. The molecule has 0 bridgehead atoms. The molecule has 2 aromatic carbocycles. The molecule has 0 aromatic heterocycles. The van der Waals surface area contributed by atoms with Crippen LogP contribution in [-0.2, 0) is 0 Å². The van der Waals surface area contributed by atoms with E-state index in [1.807, 2.05) is 30.3 Å². The minimum Gasteiger partial charge on any atom is -0.0622 e. The topological polar surface area (TPSA) is 0 Å². The van der Waals surface area contributed by atoms with Crippen LogP contribution in [0.4, 0.5) is 0 Å². The van der Waals surface area contributed by atoms with Gasteiger partial charge in [0.15, 0.2) is 0 Å². The summed E-state index contributed by atoms with van der Waals surface area (Å²) in [5.41, 5.74) is 3.48. The van der Waals surface area contributed by atoms with E-state index in [-0.39, 0.29) is 0 Å². The van der Waals surface area contributed by atoms with Crippen molar-refractivity contribution in [2.45, 2.75) is 19.8 Å². The summed E-state index contributed by atoms with van der Waals surface area (Å²) in [6.07, 6.45) is 0. The van der Waals surface area contributed by atoms with Crippen LogP contribution in [0.5, 0.6) is 0 Å². The van der Waals surface area contributed by atoms with Crippen LogP contribution in [0.1, 0.15) is 36.5 Å². The second kappa shape index (κ2) is 5.37. The lowest BCUT2D eigenvalue weighted by Gasteiger charge is -2.04. The summed E-state index contributed by atoms with van der Waals surface area (Å²) in [7, 11) is 0. The van der Waals surface area contributed by atoms with E-state index in [1.54, 1.807) is 0 Å². The third-order valence-corrected chi connectivity index (χ3v) is 2.68. The van der Waals surface area contributed by atoms with Crippen LogP contribution in [0, 0.1) is 11.8 Å². The van der Waals surface area contributed by atoms with Gasteiger partial charge < -0.3 is 0 Å². The zero-order valence-corrected chi connectivity index (χ0v) is 10.3. The maximum absolute atomic E-state index is 3.21. The molecule has 0 nitrogen and oxygen atoms in total. The Kier molecular flexibility index (Phi) is 3.62. The lowest BCUT2D eigenvalue weighted by atomic mass is 10.0. The molecule has 84 valence electrons. The molecule has 0 aliphatic heterocycles. The van der Waals surface area contributed by atoms with Gasteiger partial charge in [0.1, 0.15) is 0 Å². The van der Waals surface area contributed by atoms with Crippen LogP contribution < -0.4 is 0 Å². The van der Waals surface area contributed by atoms with Gasteiger partial charge in [-0.1, -0.05) is 56.0 Å². The number of rotatable bonds is 1. The zero-order valence-electron chi connectivity index (χ0n) is 10.3. The highest BCUT2D eigenvalue weighted by molar-refractivity contribution is 5.44. The Labute approximate surface area is 103 Å². The van der Waals surface area contributed by atoms with Gasteiger partial charge in [-0.15, -0.1) is 0 Å². The molecule has 17 heavy (non-hydrogen) atoms. The molecule has 0 radical (unpaired) electrons. The Morgan fingerprint density at radius 2 is 1.41 bits per heavy atom. The van der Waals surface area contributed by atoms with Gasteiger partial charge in [0.2, 0.25) is 0 Å². The van der Waals surface area contributed by atoms with Gasteiger partial charge >= 0.3 is 0 Å². The second-order valence-corrected chi connectivity index (χ2v) is 4.40. The Balaban J connectivity index is 2.25. The zero-order chi connectivity index (χ0) is 12.1. The van der Waals surface area contributed by atoms with Gasteiger partial charge in [-0.25, -0.2) is 0 Å². The first kappa shape index (κ1) is 11.5. The van der Waals surface area contributed by atoms with Crippen molar-refractivity contribution in [3.8, 4) is 11.8 Å². The third-order valence-electron chi connectivity index (χ3n) is 2.68. The van der Waals surface area contributed by atoms with Gasteiger partial charge in [-0.2, -0.15) is 0 Å². The highest BCUT2D eigenvalue weighted by atomic mass is 14.0. The molecular formula is C17H16. The van der Waals surface area contributed by atoms with Gasteiger partial charge in [-0.05, 0) is 35.7 Å². The monoisotopic (exact) mass is 220 g/mol. The molecule has 0 heteroatoms. The van der Waals surface area contributed by atoms with Crippen molar-refractivity contribution in [1.82, 2.24) is 0 Å². The summed E-state index contributed by atoms with van der Waals surface area (Å²) >= 11 is 0. The number of benzene rings is 2. The van der Waals surface area contributed by atoms with Crippen LogP contribution in [0.2, 0.25) is 0 Å². The summed E-state index contributed by atoms with van der Waals surface area (Å²) in [6, 6.07) is 18.5. The number of hydrogen-bond acceptors (Lipinski definition) is 0. The highest BCUT2D eigenvalue weighted by Gasteiger charge is 1.98. The Morgan fingerprint density at radius 3 is 2.12 bits per heavy atom. The summed E-state index contributed by atoms with van der Waals surface area (Å²) in [5.74, 6) is 6.93. The maximum atomic E-state index is 3.21. The highest BCUT2D eigenvalue weighted by Crippen LogP contribution is 2.14. The second-order valence-electron chi connectivity index (χ2n) is 4.40. The van der Waals surface area contributed by atoms with Gasteiger partial charge in [0.25, 0.3) is 0 Å². The molecule has 0 amide bonds. The SMILES string of the molecule is CC(C)c1cccc(C#Cc2ccccc2)c1. The van der Waals surface area contributed by atoms with Crippen LogP contribution in [-0.4, -0.2) is 0 Å². The summed E-state index contributed by atoms with van der Waals surface area (Å²) < 4.78 is 0. The first-order valence-electron chi connectivity index (χ1n) is 5.93. The standard InChI is InChI=1S/C17H16/c1-14(2)17-10-6-9-16(13-17)12-11-15-7-4-3-5-8-15/h3-10,13-14H,1-2H3. The molecule has 2 rings (SSSR count). The summed E-state index contributed by atoms with van der Waals surface area (Å²) in [4.78, 5) is 0. The maximum Gasteiger partial charge on any atom is 0.0251 e. The van der Waals surface area contributed by atoms with Crippen molar-refractivity contribution in [1.29, 1.82) is 0 Å². The summed E-state index contributed by atoms with van der Waals surface area (Å²) in [5, 5.41) is 0. The molecule has 0 unspecified atom stereocenters. The summed E-state index contributed by atoms with van der Waals surface area (Å²) in [6.45, 7) is 4.40. The first-order valence-corrected chi connectivity index (χ1v) is 5.93. The molecule has 0 fully saturated rings. The fourth-order valence-electron chi connectivity index (χ4n) is 1.64. The van der Waals surface area contributed by atoms with E-state index in [1.165, 1.54) is 5.56 Å². The van der Waals surface area contributed by atoms with Crippen molar-refractivity contribution < 1.29 is 0 Å². The fraction of sp³-hybridized carbons (Fsp3) is 0.176. The lowest BCUT2D eigenvalue weighted by Crippen LogP contribution is -1.87. The van der Waals surface area contributed by atoms with Crippen LogP contribution in [0.25, 0.3) is 0 Å². The van der Waals surface area contributed by atoms with E-state index in [0.29, 0.717) is 5.92 Å². The van der Waals surface area contributed by atoms with Crippen LogP contribution >= 0.6 is 0 Å². The van der Waals surface area contributed by atoms with Crippen molar-refractivity contribution >= 4 is 0 Å². The Hall–Kier alpha value is -2.00. The average Bonchev–Trinajstić information content (AvgIpc) is 2.38. The van der Waals surface area contributed by atoms with E-state index >= 15 is 0 Å². The molecule has 0 heterocycles. The minimum absolute atomic E-state index is 0.550. The molecule has 0 N–H and O–H groups in total. The van der Waals surface area contributed by atoms with Gasteiger partial charge in [-0.3, -0.25) is 0 Å². The molecule has 0 spiro atoms. The predicted octanol–water partition coefficient (Wildman–Crippen LogP) is 4.21. The molecule has 0 aliphatic carbocycles. The van der Waals surface area contributed by atoms with Crippen molar-refractivity contribution in [3.63, 3.8) is 0 Å². The smallest absolute Gasteiger partial charge is 0.0251 e. The fourth-order valence-corrected chi connectivity index (χ4v) is 1.64. The van der Waals surface area contributed by atoms with Gasteiger partial charge in [0.05, 0.1) is 0 Å². The average molecular weight is 220 g/mol. The Morgan fingerprint density at radius 1 is 0.765 bits per heavy atom. The Bertz CT molecular complexity index is 539. The van der Waals surface area contributed by atoms with Crippen molar-refractivity contribution in [2.75, 3.05) is 0 Å². The van der Waals surface area contributed by atoms with Crippen molar-refractivity contribution in [2.24, 2.45) is 0 Å². The predicted molar refractivity (Wildman–Crippen MR) is 73.0 cm³/mol.